The van der Waals surface area contributed by atoms with Crippen molar-refractivity contribution in [3.05, 3.63) is 0 Å². The smallest absolute Gasteiger partial charge is 0.105 e. The lowest BCUT2D eigenvalue weighted by molar-refractivity contribution is -0.0275. The van der Waals surface area contributed by atoms with Gasteiger partial charge in [0.25, 0.3) is 0 Å². The van der Waals surface area contributed by atoms with Crippen LogP contribution in [0.3, 0.4) is 0 Å². The Morgan fingerprint density at radius 2 is 2.06 bits per heavy atom. The third kappa shape index (κ3) is 4.04. The van der Waals surface area contributed by atoms with Crippen LogP contribution in [0, 0.1) is 5.92 Å². The first-order chi connectivity index (χ1) is 7.44. The SMILES string of the molecule is CC(C)CCC(C)NCC1(O)CCOC1C. The third-order valence-electron chi connectivity index (χ3n) is 3.59. The van der Waals surface area contributed by atoms with E-state index in [2.05, 4.69) is 26.1 Å². The standard InChI is InChI=1S/C13H27NO2/c1-10(2)5-6-11(3)14-9-13(15)7-8-16-12(13)4/h10-12,14-15H,5-9H2,1-4H3. The minimum atomic E-state index is -0.661. The van der Waals surface area contributed by atoms with Gasteiger partial charge in [0.05, 0.1) is 6.10 Å². The molecule has 0 aliphatic carbocycles. The predicted octanol–water partition coefficient (Wildman–Crippen LogP) is 1.94. The van der Waals surface area contributed by atoms with Gasteiger partial charge in [-0.25, -0.2) is 0 Å². The predicted molar refractivity (Wildman–Crippen MR) is 66.5 cm³/mol. The molecule has 1 heterocycles. The molecule has 3 unspecified atom stereocenters. The van der Waals surface area contributed by atoms with Crippen molar-refractivity contribution in [2.24, 2.45) is 5.92 Å². The Bertz CT molecular complexity index is 208. The van der Waals surface area contributed by atoms with Crippen LogP contribution in [0.4, 0.5) is 0 Å². The first-order valence-electron chi connectivity index (χ1n) is 6.51. The van der Waals surface area contributed by atoms with E-state index in [4.69, 9.17) is 4.74 Å². The number of ether oxygens (including phenoxy) is 1. The summed E-state index contributed by atoms with van der Waals surface area (Å²) in [6.07, 6.45) is 3.11. The molecular weight excluding hydrogens is 202 g/mol. The maximum absolute atomic E-state index is 10.3. The maximum atomic E-state index is 10.3. The molecule has 96 valence electrons. The van der Waals surface area contributed by atoms with Crippen LogP contribution < -0.4 is 5.32 Å². The van der Waals surface area contributed by atoms with E-state index in [1.165, 1.54) is 12.8 Å². The van der Waals surface area contributed by atoms with Crippen LogP contribution in [0.5, 0.6) is 0 Å². The maximum Gasteiger partial charge on any atom is 0.105 e. The van der Waals surface area contributed by atoms with Crippen molar-refractivity contribution < 1.29 is 9.84 Å². The molecule has 1 aliphatic rings. The van der Waals surface area contributed by atoms with Crippen molar-refractivity contribution in [3.8, 4) is 0 Å². The van der Waals surface area contributed by atoms with E-state index >= 15 is 0 Å². The average Bonchev–Trinajstić information content (AvgIpc) is 2.54. The van der Waals surface area contributed by atoms with Crippen LogP contribution in [-0.4, -0.2) is 36.0 Å². The van der Waals surface area contributed by atoms with Gasteiger partial charge in [0.15, 0.2) is 0 Å². The molecule has 3 atom stereocenters. The molecule has 1 saturated heterocycles. The zero-order valence-electron chi connectivity index (χ0n) is 11.1. The summed E-state index contributed by atoms with van der Waals surface area (Å²) >= 11 is 0. The Balaban J connectivity index is 2.23. The molecule has 1 aliphatic heterocycles. The van der Waals surface area contributed by atoms with Crippen LogP contribution in [0.15, 0.2) is 0 Å². The van der Waals surface area contributed by atoms with E-state index in [1.54, 1.807) is 0 Å². The second-order valence-electron chi connectivity index (χ2n) is 5.62. The molecule has 0 bridgehead atoms. The Hall–Kier alpha value is -0.120. The van der Waals surface area contributed by atoms with Crippen molar-refractivity contribution >= 4 is 0 Å². The van der Waals surface area contributed by atoms with Crippen molar-refractivity contribution in [3.63, 3.8) is 0 Å². The van der Waals surface area contributed by atoms with Gasteiger partial charge in [-0.2, -0.15) is 0 Å². The van der Waals surface area contributed by atoms with Crippen molar-refractivity contribution in [1.82, 2.24) is 5.32 Å². The molecule has 0 aromatic heterocycles. The van der Waals surface area contributed by atoms with Gasteiger partial charge in [-0.1, -0.05) is 13.8 Å². The summed E-state index contributed by atoms with van der Waals surface area (Å²) in [5.41, 5.74) is -0.661. The van der Waals surface area contributed by atoms with Crippen LogP contribution in [0.1, 0.15) is 47.0 Å². The molecule has 16 heavy (non-hydrogen) atoms. The summed E-state index contributed by atoms with van der Waals surface area (Å²) in [5, 5.41) is 13.7. The van der Waals surface area contributed by atoms with E-state index in [0.717, 1.165) is 12.3 Å². The molecule has 0 aromatic carbocycles. The third-order valence-corrected chi connectivity index (χ3v) is 3.59. The van der Waals surface area contributed by atoms with Crippen molar-refractivity contribution in [2.45, 2.75) is 64.7 Å². The van der Waals surface area contributed by atoms with E-state index < -0.39 is 5.60 Å². The van der Waals surface area contributed by atoms with Crippen LogP contribution in [-0.2, 0) is 4.74 Å². The van der Waals surface area contributed by atoms with E-state index in [-0.39, 0.29) is 6.10 Å². The largest absolute Gasteiger partial charge is 0.386 e. The van der Waals surface area contributed by atoms with Gasteiger partial charge in [0.2, 0.25) is 0 Å². The highest BCUT2D eigenvalue weighted by atomic mass is 16.5. The first-order valence-corrected chi connectivity index (χ1v) is 6.51. The fourth-order valence-electron chi connectivity index (χ4n) is 2.04. The molecule has 0 saturated carbocycles. The number of hydrogen-bond donors (Lipinski definition) is 2. The fraction of sp³-hybridized carbons (Fsp3) is 1.00. The van der Waals surface area contributed by atoms with Gasteiger partial charge >= 0.3 is 0 Å². The van der Waals surface area contributed by atoms with E-state index in [0.29, 0.717) is 19.2 Å². The monoisotopic (exact) mass is 229 g/mol. The summed E-state index contributed by atoms with van der Waals surface area (Å²) in [6, 6.07) is 0.472. The molecule has 0 aromatic rings. The molecular formula is C13H27NO2. The normalized spacial score (nSPS) is 32.2. The lowest BCUT2D eigenvalue weighted by Crippen LogP contribution is -2.48. The summed E-state index contributed by atoms with van der Waals surface area (Å²) < 4.78 is 5.41. The second-order valence-corrected chi connectivity index (χ2v) is 5.62. The average molecular weight is 229 g/mol. The van der Waals surface area contributed by atoms with E-state index in [1.807, 2.05) is 6.92 Å². The van der Waals surface area contributed by atoms with Gasteiger partial charge in [0, 0.05) is 25.6 Å². The number of rotatable bonds is 6. The summed E-state index contributed by atoms with van der Waals surface area (Å²) in [5.74, 6) is 0.751. The van der Waals surface area contributed by atoms with Gasteiger partial charge < -0.3 is 15.2 Å². The zero-order valence-corrected chi connectivity index (χ0v) is 11.1. The minimum absolute atomic E-state index is 0.0442. The topological polar surface area (TPSA) is 41.5 Å². The molecule has 3 heteroatoms. The lowest BCUT2D eigenvalue weighted by Gasteiger charge is -2.28. The molecule has 2 N–H and O–H groups in total. The fourth-order valence-corrected chi connectivity index (χ4v) is 2.04. The molecule has 1 rings (SSSR count). The Morgan fingerprint density at radius 3 is 2.56 bits per heavy atom. The molecule has 1 fully saturated rings. The molecule has 0 spiro atoms. The van der Waals surface area contributed by atoms with E-state index in [9.17, 15) is 5.11 Å². The number of aliphatic hydroxyl groups is 1. The highest BCUT2D eigenvalue weighted by molar-refractivity contribution is 4.92. The van der Waals surface area contributed by atoms with Crippen molar-refractivity contribution in [1.29, 1.82) is 0 Å². The molecule has 3 nitrogen and oxygen atoms in total. The molecule has 0 radical (unpaired) electrons. The van der Waals surface area contributed by atoms with Gasteiger partial charge in [-0.3, -0.25) is 0 Å². The summed E-state index contributed by atoms with van der Waals surface area (Å²) in [6.45, 7) is 9.95. The number of nitrogens with one attached hydrogen (secondary N) is 1. The minimum Gasteiger partial charge on any atom is -0.386 e. The van der Waals surface area contributed by atoms with Crippen LogP contribution >= 0.6 is 0 Å². The summed E-state index contributed by atoms with van der Waals surface area (Å²) in [7, 11) is 0. The molecule has 0 amide bonds. The van der Waals surface area contributed by atoms with Crippen molar-refractivity contribution in [2.75, 3.05) is 13.2 Å². The Kier molecular flexibility index (Phi) is 5.22. The number of hydrogen-bond acceptors (Lipinski definition) is 3. The Morgan fingerprint density at radius 1 is 1.38 bits per heavy atom. The quantitative estimate of drug-likeness (QED) is 0.731. The van der Waals surface area contributed by atoms with Crippen LogP contribution in [0.25, 0.3) is 0 Å². The first kappa shape index (κ1) is 13.9. The highest BCUT2D eigenvalue weighted by Crippen LogP contribution is 2.25. The highest BCUT2D eigenvalue weighted by Gasteiger charge is 2.39. The van der Waals surface area contributed by atoms with Gasteiger partial charge in [0.1, 0.15) is 5.60 Å². The summed E-state index contributed by atoms with van der Waals surface area (Å²) in [4.78, 5) is 0. The lowest BCUT2D eigenvalue weighted by atomic mass is 9.96. The Labute approximate surface area is 99.6 Å². The van der Waals surface area contributed by atoms with Crippen LogP contribution in [0.2, 0.25) is 0 Å². The zero-order chi connectivity index (χ0) is 12.2. The second kappa shape index (κ2) is 5.99. The van der Waals surface area contributed by atoms with Gasteiger partial charge in [-0.05, 0) is 32.6 Å². The van der Waals surface area contributed by atoms with Gasteiger partial charge in [-0.15, -0.1) is 0 Å².